The minimum atomic E-state index is -0.304. The number of halogens is 2. The first-order valence-corrected chi connectivity index (χ1v) is 10.5. The number of unbranched alkanes of at least 4 members (excludes halogenated alkanes) is 5. The molecule has 0 unspecified atom stereocenters. The average molecular weight is 480 g/mol. The fourth-order valence-electron chi connectivity index (χ4n) is 1.52. The molecule has 0 bridgehead atoms. The Bertz CT molecular complexity index is 211. The van der Waals surface area contributed by atoms with Crippen molar-refractivity contribution in [3.8, 4) is 0 Å². The molecule has 0 aliphatic heterocycles. The Hall–Kier alpha value is 0.887. The van der Waals surface area contributed by atoms with Crippen LogP contribution in [0.15, 0.2) is 12.7 Å². The molecule has 0 fully saturated rings. The van der Waals surface area contributed by atoms with Gasteiger partial charge in [-0.05, 0) is 6.42 Å². The van der Waals surface area contributed by atoms with E-state index in [4.69, 9.17) is 4.74 Å². The summed E-state index contributed by atoms with van der Waals surface area (Å²) in [6.45, 7) is 3.90. The topological polar surface area (TPSA) is 26.3 Å². The van der Waals surface area contributed by atoms with Gasteiger partial charge in [-0.2, -0.15) is 0 Å². The molecule has 0 saturated heterocycles. The number of hydrogen-bond acceptors (Lipinski definition) is 2. The van der Waals surface area contributed by atoms with Gasteiger partial charge in [0.1, 0.15) is 0 Å². The van der Waals surface area contributed by atoms with E-state index in [-0.39, 0.29) is 15.5 Å². The number of esters is 1. The molecular formula is C12H22I2O2Si. The van der Waals surface area contributed by atoms with E-state index in [1.807, 2.05) is 0 Å². The highest BCUT2D eigenvalue weighted by Gasteiger charge is 1.98. The molecule has 2 nitrogen and oxygen atoms in total. The third-order valence-electron chi connectivity index (χ3n) is 2.48. The largest absolute Gasteiger partial charge is 0.463 e. The Morgan fingerprint density at radius 2 is 1.76 bits per heavy atom. The Labute approximate surface area is 134 Å². The minimum absolute atomic E-state index is 0.193. The van der Waals surface area contributed by atoms with Gasteiger partial charge in [-0.1, -0.05) is 89.9 Å². The van der Waals surface area contributed by atoms with Crippen LogP contribution in [0.2, 0.25) is 6.04 Å². The first kappa shape index (κ1) is 17.9. The molecule has 0 heterocycles. The maximum atomic E-state index is 10.7. The molecule has 0 aromatic carbocycles. The molecule has 0 rings (SSSR count). The van der Waals surface area contributed by atoms with Crippen molar-refractivity contribution in [3.05, 3.63) is 12.7 Å². The van der Waals surface area contributed by atoms with Crippen molar-refractivity contribution in [2.75, 3.05) is 6.61 Å². The second-order valence-electron chi connectivity index (χ2n) is 4.03. The van der Waals surface area contributed by atoms with Gasteiger partial charge in [-0.25, -0.2) is 4.79 Å². The first-order chi connectivity index (χ1) is 8.16. The van der Waals surface area contributed by atoms with Crippen molar-refractivity contribution in [3.63, 3.8) is 0 Å². The van der Waals surface area contributed by atoms with E-state index in [1.54, 1.807) is 0 Å². The van der Waals surface area contributed by atoms with Gasteiger partial charge >= 0.3 is 5.97 Å². The van der Waals surface area contributed by atoms with Crippen LogP contribution in [0.3, 0.4) is 0 Å². The number of alkyl halides is 2. The van der Waals surface area contributed by atoms with Crippen LogP contribution in [0.1, 0.15) is 38.5 Å². The summed E-state index contributed by atoms with van der Waals surface area (Å²) in [5, 5.41) is 0. The molecule has 0 radical (unpaired) electrons. The molecule has 17 heavy (non-hydrogen) atoms. The van der Waals surface area contributed by atoms with Crippen LogP contribution in [0.4, 0.5) is 0 Å². The molecule has 0 spiro atoms. The van der Waals surface area contributed by atoms with E-state index >= 15 is 0 Å². The highest BCUT2D eigenvalue weighted by Crippen LogP contribution is 2.12. The summed E-state index contributed by atoms with van der Waals surface area (Å²) in [6.07, 6.45) is 8.76. The van der Waals surface area contributed by atoms with Gasteiger partial charge < -0.3 is 4.74 Å². The molecule has 0 aromatic heterocycles. The molecule has 0 amide bonds. The predicted molar refractivity (Wildman–Crippen MR) is 94.0 cm³/mol. The SMILES string of the molecule is C=CC(=O)OCCCCCCCC[SiH2]C(I)I. The van der Waals surface area contributed by atoms with E-state index in [2.05, 4.69) is 51.8 Å². The van der Waals surface area contributed by atoms with Crippen LogP contribution < -0.4 is 0 Å². The standard InChI is InChI=1S/C12H22I2O2Si/c1-2-11(15)16-9-7-5-3-4-6-8-10-17-12(13)14/h2,12H,1,3-10,17H2. The Morgan fingerprint density at radius 3 is 2.35 bits per heavy atom. The molecule has 0 aliphatic carbocycles. The van der Waals surface area contributed by atoms with Crippen molar-refractivity contribution in [1.29, 1.82) is 0 Å². The van der Waals surface area contributed by atoms with E-state index in [0.717, 1.165) is 7.98 Å². The van der Waals surface area contributed by atoms with Crippen molar-refractivity contribution >= 4 is 60.7 Å². The van der Waals surface area contributed by atoms with Gasteiger partial charge in [0.2, 0.25) is 0 Å². The van der Waals surface area contributed by atoms with Gasteiger partial charge in [-0.15, -0.1) is 0 Å². The summed E-state index contributed by atoms with van der Waals surface area (Å²) in [5.41, 5.74) is 0. The Balaban J connectivity index is 3.03. The maximum absolute atomic E-state index is 10.7. The predicted octanol–water partition coefficient (Wildman–Crippen LogP) is 3.80. The molecule has 0 saturated carbocycles. The zero-order valence-electron chi connectivity index (χ0n) is 10.3. The van der Waals surface area contributed by atoms with E-state index in [0.29, 0.717) is 6.61 Å². The lowest BCUT2D eigenvalue weighted by Crippen LogP contribution is -2.01. The van der Waals surface area contributed by atoms with Crippen LogP contribution in [-0.2, 0) is 9.53 Å². The normalized spacial score (nSPS) is 11.2. The fourth-order valence-corrected chi connectivity index (χ4v) is 5.11. The maximum Gasteiger partial charge on any atom is 0.330 e. The second-order valence-corrected chi connectivity index (χ2v) is 14.8. The minimum Gasteiger partial charge on any atom is -0.463 e. The van der Waals surface area contributed by atoms with Crippen LogP contribution in [0.25, 0.3) is 0 Å². The summed E-state index contributed by atoms with van der Waals surface area (Å²) < 4.78 is 5.83. The molecular weight excluding hydrogens is 458 g/mol. The molecule has 5 heteroatoms. The second kappa shape index (κ2) is 13.3. The summed E-state index contributed by atoms with van der Waals surface area (Å²) in [6, 6.07) is 1.49. The zero-order chi connectivity index (χ0) is 12.9. The van der Waals surface area contributed by atoms with Gasteiger partial charge in [0.25, 0.3) is 0 Å². The molecule has 0 N–H and O–H groups in total. The van der Waals surface area contributed by atoms with Crippen molar-refractivity contribution < 1.29 is 9.53 Å². The van der Waals surface area contributed by atoms with Gasteiger partial charge in [0.15, 0.2) is 0 Å². The van der Waals surface area contributed by atoms with Crippen LogP contribution >= 0.6 is 45.2 Å². The van der Waals surface area contributed by atoms with Crippen LogP contribution in [0.5, 0.6) is 0 Å². The van der Waals surface area contributed by atoms with E-state index in [1.165, 1.54) is 44.2 Å². The lowest BCUT2D eigenvalue weighted by molar-refractivity contribution is -0.137. The number of ether oxygens (including phenoxy) is 1. The summed E-state index contributed by atoms with van der Waals surface area (Å²) >= 11 is 5.07. The highest BCUT2D eigenvalue weighted by molar-refractivity contribution is 14.2. The number of hydrogen-bond donors (Lipinski definition) is 0. The Morgan fingerprint density at radius 1 is 1.18 bits per heavy atom. The lowest BCUT2D eigenvalue weighted by atomic mass is 10.1. The smallest absolute Gasteiger partial charge is 0.330 e. The van der Waals surface area contributed by atoms with Crippen molar-refractivity contribution in [2.45, 2.75) is 46.1 Å². The highest BCUT2D eigenvalue weighted by atomic mass is 127. The third-order valence-corrected chi connectivity index (χ3v) is 7.56. The van der Waals surface area contributed by atoms with Gasteiger partial charge in [0.05, 0.1) is 6.61 Å². The first-order valence-electron chi connectivity index (χ1n) is 6.24. The fraction of sp³-hybridized carbons (Fsp3) is 0.750. The van der Waals surface area contributed by atoms with Crippen LogP contribution in [0, 0.1) is 0 Å². The van der Waals surface area contributed by atoms with E-state index in [9.17, 15) is 4.79 Å². The zero-order valence-corrected chi connectivity index (χ0v) is 16.0. The van der Waals surface area contributed by atoms with E-state index < -0.39 is 0 Å². The molecule has 100 valence electrons. The summed E-state index contributed by atoms with van der Waals surface area (Å²) in [5.74, 6) is -0.304. The van der Waals surface area contributed by atoms with Crippen LogP contribution in [-0.4, -0.2) is 23.7 Å². The van der Waals surface area contributed by atoms with Crippen molar-refractivity contribution in [1.82, 2.24) is 0 Å². The third kappa shape index (κ3) is 14.8. The number of carbonyl (C=O) groups excluding carboxylic acids is 1. The molecule has 0 aliphatic rings. The molecule has 0 atom stereocenters. The number of carbonyl (C=O) groups is 1. The van der Waals surface area contributed by atoms with Gasteiger partial charge in [-0.3, -0.25) is 0 Å². The molecule has 0 aromatic rings. The van der Waals surface area contributed by atoms with Gasteiger partial charge in [0, 0.05) is 17.2 Å². The summed E-state index contributed by atoms with van der Waals surface area (Å²) in [7, 11) is 0.193. The lowest BCUT2D eigenvalue weighted by Gasteiger charge is -2.03. The Kier molecular flexibility index (Phi) is 14.0. The average Bonchev–Trinajstić information content (AvgIpc) is 2.30. The summed E-state index contributed by atoms with van der Waals surface area (Å²) in [4.78, 5) is 10.7. The monoisotopic (exact) mass is 480 g/mol. The quantitative estimate of drug-likeness (QED) is 0.112. The number of rotatable bonds is 11. The van der Waals surface area contributed by atoms with Crippen molar-refractivity contribution in [2.24, 2.45) is 0 Å².